The zero-order valence-corrected chi connectivity index (χ0v) is 16.5. The van der Waals surface area contributed by atoms with Crippen LogP contribution >= 0.6 is 0 Å². The molecule has 0 radical (unpaired) electrons. The van der Waals surface area contributed by atoms with Crippen LogP contribution in [0, 0.1) is 11.8 Å². The number of esters is 1. The van der Waals surface area contributed by atoms with Crippen molar-refractivity contribution in [3.05, 3.63) is 71.8 Å². The third kappa shape index (κ3) is 3.76. The van der Waals surface area contributed by atoms with Gasteiger partial charge in [0.15, 0.2) is 17.3 Å². The Morgan fingerprint density at radius 3 is 2.17 bits per heavy atom. The lowest BCUT2D eigenvalue weighted by Gasteiger charge is -2.27. The molecule has 0 N–H and O–H groups in total. The van der Waals surface area contributed by atoms with E-state index in [2.05, 4.69) is 0 Å². The molecule has 1 aliphatic carbocycles. The molecule has 1 saturated carbocycles. The topological polar surface area (TPSA) is 60.4 Å². The highest BCUT2D eigenvalue weighted by Gasteiger charge is 2.59. The number of hydrogen-bond donors (Lipinski definition) is 0. The van der Waals surface area contributed by atoms with Gasteiger partial charge < -0.3 is 4.74 Å². The van der Waals surface area contributed by atoms with Crippen LogP contribution in [-0.2, 0) is 31.1 Å². The third-order valence-electron chi connectivity index (χ3n) is 6.31. The molecule has 2 aromatic rings. The molecule has 4 heteroatoms. The molecule has 2 aromatic carbocycles. The van der Waals surface area contributed by atoms with Crippen molar-refractivity contribution < 1.29 is 19.1 Å². The van der Waals surface area contributed by atoms with Crippen molar-refractivity contribution in [3.63, 3.8) is 0 Å². The lowest BCUT2D eigenvalue weighted by molar-refractivity contribution is -0.155. The Kier molecular flexibility index (Phi) is 5.61. The number of aryl methyl sites for hydroxylation is 1. The van der Waals surface area contributed by atoms with Gasteiger partial charge in [0.25, 0.3) is 0 Å². The van der Waals surface area contributed by atoms with E-state index in [1.807, 2.05) is 60.7 Å². The number of benzene rings is 2. The van der Waals surface area contributed by atoms with Crippen molar-refractivity contribution in [1.29, 1.82) is 0 Å². The highest BCUT2D eigenvalue weighted by atomic mass is 16.6. The molecule has 1 heterocycles. The van der Waals surface area contributed by atoms with Gasteiger partial charge in [0.1, 0.15) is 0 Å². The van der Waals surface area contributed by atoms with E-state index < -0.39 is 17.5 Å². The van der Waals surface area contributed by atoms with Crippen LogP contribution in [0.1, 0.15) is 49.7 Å². The summed E-state index contributed by atoms with van der Waals surface area (Å²) in [7, 11) is 0. The SMILES string of the molecule is O=C1OC(CCc2ccccc2)(c2ccccc2)C(=O)C1C(=O)C1CCCCC1. The van der Waals surface area contributed by atoms with Crippen LogP contribution < -0.4 is 0 Å². The zero-order chi connectivity index (χ0) is 20.3. The second kappa shape index (κ2) is 8.32. The number of carbonyl (C=O) groups excluding carboxylic acids is 3. The quantitative estimate of drug-likeness (QED) is 0.542. The maximum atomic E-state index is 13.6. The number of ether oxygens (including phenoxy) is 1. The fourth-order valence-electron chi connectivity index (χ4n) is 4.68. The third-order valence-corrected chi connectivity index (χ3v) is 6.31. The Morgan fingerprint density at radius 2 is 1.52 bits per heavy atom. The average Bonchev–Trinajstić information content (AvgIpc) is 3.04. The maximum Gasteiger partial charge on any atom is 0.325 e. The fourth-order valence-corrected chi connectivity index (χ4v) is 4.68. The van der Waals surface area contributed by atoms with Crippen molar-refractivity contribution in [3.8, 4) is 0 Å². The molecule has 150 valence electrons. The van der Waals surface area contributed by atoms with Crippen molar-refractivity contribution in [2.75, 3.05) is 0 Å². The van der Waals surface area contributed by atoms with Crippen LogP contribution in [-0.4, -0.2) is 17.5 Å². The number of Topliss-reactive ketones (excluding diaryl/α,β-unsaturated/α-hetero) is 2. The lowest BCUT2D eigenvalue weighted by atomic mass is 9.76. The first-order valence-electron chi connectivity index (χ1n) is 10.5. The fraction of sp³-hybridized carbons (Fsp3) is 0.400. The molecule has 2 unspecified atom stereocenters. The van der Waals surface area contributed by atoms with Crippen LogP contribution in [0.25, 0.3) is 0 Å². The minimum absolute atomic E-state index is 0.203. The van der Waals surface area contributed by atoms with Crippen LogP contribution in [0.3, 0.4) is 0 Å². The van der Waals surface area contributed by atoms with Gasteiger partial charge in [-0.1, -0.05) is 79.9 Å². The van der Waals surface area contributed by atoms with Gasteiger partial charge in [-0.2, -0.15) is 0 Å². The molecule has 2 atom stereocenters. The van der Waals surface area contributed by atoms with Gasteiger partial charge in [-0.05, 0) is 24.8 Å². The summed E-state index contributed by atoms with van der Waals surface area (Å²) < 4.78 is 5.78. The van der Waals surface area contributed by atoms with Crippen molar-refractivity contribution >= 4 is 17.5 Å². The number of carbonyl (C=O) groups is 3. The molecule has 0 spiro atoms. The Bertz CT molecular complexity index is 884. The summed E-state index contributed by atoms with van der Waals surface area (Å²) in [6.45, 7) is 0. The van der Waals surface area contributed by atoms with Gasteiger partial charge in [0, 0.05) is 17.9 Å². The minimum Gasteiger partial charge on any atom is -0.445 e. The predicted octanol–water partition coefficient (Wildman–Crippen LogP) is 4.41. The van der Waals surface area contributed by atoms with Crippen LogP contribution in [0.2, 0.25) is 0 Å². The first-order chi connectivity index (χ1) is 14.1. The van der Waals surface area contributed by atoms with E-state index in [4.69, 9.17) is 4.74 Å². The first kappa shape index (κ1) is 19.6. The smallest absolute Gasteiger partial charge is 0.325 e. The van der Waals surface area contributed by atoms with E-state index >= 15 is 0 Å². The van der Waals surface area contributed by atoms with E-state index in [1.54, 1.807) is 0 Å². The van der Waals surface area contributed by atoms with Gasteiger partial charge in [0.05, 0.1) is 0 Å². The van der Waals surface area contributed by atoms with E-state index in [9.17, 15) is 14.4 Å². The van der Waals surface area contributed by atoms with Gasteiger partial charge in [-0.3, -0.25) is 14.4 Å². The number of rotatable bonds is 6. The molecule has 0 amide bonds. The second-order valence-corrected chi connectivity index (χ2v) is 8.13. The van der Waals surface area contributed by atoms with E-state index in [0.29, 0.717) is 18.4 Å². The Morgan fingerprint density at radius 1 is 0.897 bits per heavy atom. The van der Waals surface area contributed by atoms with Crippen LogP contribution in [0.5, 0.6) is 0 Å². The summed E-state index contributed by atoms with van der Waals surface area (Å²) in [4.78, 5) is 39.5. The normalized spacial score (nSPS) is 25.0. The lowest BCUT2D eigenvalue weighted by Crippen LogP contribution is -2.39. The number of ketones is 2. The largest absolute Gasteiger partial charge is 0.445 e. The molecule has 4 nitrogen and oxygen atoms in total. The molecular formula is C25H26O4. The molecule has 2 fully saturated rings. The van der Waals surface area contributed by atoms with E-state index in [-0.39, 0.29) is 17.5 Å². The monoisotopic (exact) mass is 390 g/mol. The number of cyclic esters (lactones) is 1. The predicted molar refractivity (Wildman–Crippen MR) is 109 cm³/mol. The number of hydrogen-bond acceptors (Lipinski definition) is 4. The minimum atomic E-state index is -1.39. The molecule has 0 aromatic heterocycles. The maximum absolute atomic E-state index is 13.6. The summed E-state index contributed by atoms with van der Waals surface area (Å²) in [5.41, 5.74) is 0.324. The van der Waals surface area contributed by atoms with Crippen molar-refractivity contribution in [1.82, 2.24) is 0 Å². The average molecular weight is 390 g/mol. The van der Waals surface area contributed by atoms with Gasteiger partial charge in [-0.15, -0.1) is 0 Å². The second-order valence-electron chi connectivity index (χ2n) is 8.13. The molecule has 0 bridgehead atoms. The van der Waals surface area contributed by atoms with Crippen molar-refractivity contribution in [2.24, 2.45) is 11.8 Å². The van der Waals surface area contributed by atoms with Gasteiger partial charge in [-0.25, -0.2) is 0 Å². The highest BCUT2D eigenvalue weighted by Crippen LogP contribution is 2.42. The molecule has 2 aliphatic rings. The highest BCUT2D eigenvalue weighted by molar-refractivity contribution is 6.23. The van der Waals surface area contributed by atoms with Crippen LogP contribution in [0.15, 0.2) is 60.7 Å². The standard InChI is InChI=1S/C25H26O4/c26-22(19-12-6-2-7-13-19)21-23(27)25(29-24(21)28,20-14-8-3-9-15-20)17-16-18-10-4-1-5-11-18/h1,3-5,8-11,14-15,19,21H,2,6-7,12-13,16-17H2. The first-order valence-corrected chi connectivity index (χ1v) is 10.5. The van der Waals surface area contributed by atoms with E-state index in [1.165, 1.54) is 0 Å². The van der Waals surface area contributed by atoms with Gasteiger partial charge >= 0.3 is 5.97 Å². The van der Waals surface area contributed by atoms with Gasteiger partial charge in [0.2, 0.25) is 5.78 Å². The summed E-state index contributed by atoms with van der Waals surface area (Å²) in [5, 5.41) is 0. The van der Waals surface area contributed by atoms with E-state index in [0.717, 1.165) is 37.7 Å². The summed E-state index contributed by atoms with van der Waals surface area (Å²) >= 11 is 0. The zero-order valence-electron chi connectivity index (χ0n) is 16.5. The Balaban J connectivity index is 1.65. The summed E-state index contributed by atoms with van der Waals surface area (Å²) in [6, 6.07) is 19.0. The molecular weight excluding hydrogens is 364 g/mol. The molecule has 1 aliphatic heterocycles. The van der Waals surface area contributed by atoms with Crippen LogP contribution in [0.4, 0.5) is 0 Å². The molecule has 29 heavy (non-hydrogen) atoms. The molecule has 1 saturated heterocycles. The Hall–Kier alpha value is -2.75. The molecule has 4 rings (SSSR count). The Labute approximate surface area is 171 Å². The summed E-state index contributed by atoms with van der Waals surface area (Å²) in [5.74, 6) is -2.79. The summed E-state index contributed by atoms with van der Waals surface area (Å²) in [6.07, 6.45) is 5.50. The van der Waals surface area contributed by atoms with Crippen molar-refractivity contribution in [2.45, 2.75) is 50.5 Å².